The zero-order chi connectivity index (χ0) is 14.6. The molecule has 0 aromatic heterocycles. The molecule has 0 bridgehead atoms. The summed E-state index contributed by atoms with van der Waals surface area (Å²) in [7, 11) is -3.03. The zero-order valence-electron chi connectivity index (χ0n) is 9.74. The minimum atomic E-state index is -4.19. The van der Waals surface area contributed by atoms with E-state index < -0.39 is 32.5 Å². The van der Waals surface area contributed by atoms with Crippen molar-refractivity contribution in [1.82, 2.24) is 4.72 Å². The van der Waals surface area contributed by atoms with E-state index in [0.717, 1.165) is 13.2 Å². The predicted molar refractivity (Wildman–Crippen MR) is 65.9 cm³/mol. The highest BCUT2D eigenvalue weighted by Gasteiger charge is 2.23. The SMILES string of the molecule is COC(=O)CCNS(=O)(=O)c1c(F)cc(F)cc1Br. The van der Waals surface area contributed by atoms with Crippen molar-refractivity contribution in [3.8, 4) is 0 Å². The number of rotatable bonds is 5. The van der Waals surface area contributed by atoms with E-state index in [1.54, 1.807) is 0 Å². The molecule has 0 spiro atoms. The summed E-state index contributed by atoms with van der Waals surface area (Å²) in [5.41, 5.74) is 0. The van der Waals surface area contributed by atoms with E-state index in [1.807, 2.05) is 4.72 Å². The summed E-state index contributed by atoms with van der Waals surface area (Å²) in [5.74, 6) is -2.74. The Morgan fingerprint density at radius 1 is 1.42 bits per heavy atom. The van der Waals surface area contributed by atoms with Gasteiger partial charge in [0.25, 0.3) is 0 Å². The normalized spacial score (nSPS) is 11.4. The lowest BCUT2D eigenvalue weighted by Gasteiger charge is -2.09. The number of benzene rings is 1. The first kappa shape index (κ1) is 16.0. The first-order valence-electron chi connectivity index (χ1n) is 4.99. The molecule has 0 amide bonds. The maximum atomic E-state index is 13.5. The lowest BCUT2D eigenvalue weighted by molar-refractivity contribution is -0.140. The Balaban J connectivity index is 2.92. The molecule has 0 atom stereocenters. The second-order valence-corrected chi connectivity index (χ2v) is 5.98. The molecule has 19 heavy (non-hydrogen) atoms. The monoisotopic (exact) mass is 357 g/mol. The highest BCUT2D eigenvalue weighted by Crippen LogP contribution is 2.25. The van der Waals surface area contributed by atoms with Crippen LogP contribution in [0.5, 0.6) is 0 Å². The van der Waals surface area contributed by atoms with Gasteiger partial charge in [-0.25, -0.2) is 21.9 Å². The molecule has 1 aromatic carbocycles. The van der Waals surface area contributed by atoms with Crippen molar-refractivity contribution in [2.45, 2.75) is 11.3 Å². The van der Waals surface area contributed by atoms with Gasteiger partial charge in [0, 0.05) is 17.1 Å². The maximum absolute atomic E-state index is 13.5. The van der Waals surface area contributed by atoms with Crippen LogP contribution in [0.3, 0.4) is 0 Å². The molecular formula is C10H10BrF2NO4S. The zero-order valence-corrected chi connectivity index (χ0v) is 12.1. The van der Waals surface area contributed by atoms with Crippen LogP contribution in [0, 0.1) is 11.6 Å². The molecule has 9 heteroatoms. The van der Waals surface area contributed by atoms with E-state index in [9.17, 15) is 22.0 Å². The molecule has 0 saturated carbocycles. The molecule has 0 aliphatic rings. The van der Waals surface area contributed by atoms with Gasteiger partial charge in [-0.05, 0) is 22.0 Å². The number of ether oxygens (including phenoxy) is 1. The van der Waals surface area contributed by atoms with Crippen molar-refractivity contribution in [2.24, 2.45) is 0 Å². The molecular weight excluding hydrogens is 348 g/mol. The summed E-state index contributed by atoms with van der Waals surface area (Å²) >= 11 is 2.78. The molecule has 1 rings (SSSR count). The Hall–Kier alpha value is -1.06. The van der Waals surface area contributed by atoms with Crippen LogP contribution in [0.4, 0.5) is 8.78 Å². The number of carbonyl (C=O) groups is 1. The molecule has 0 radical (unpaired) electrons. The van der Waals surface area contributed by atoms with Crippen molar-refractivity contribution in [3.63, 3.8) is 0 Å². The van der Waals surface area contributed by atoms with E-state index in [2.05, 4.69) is 20.7 Å². The molecule has 0 unspecified atom stereocenters. The highest BCUT2D eigenvalue weighted by molar-refractivity contribution is 9.10. The minimum absolute atomic E-state index is 0.198. The number of methoxy groups -OCH3 is 1. The molecule has 0 heterocycles. The van der Waals surface area contributed by atoms with E-state index in [-0.39, 0.29) is 17.4 Å². The third-order valence-electron chi connectivity index (χ3n) is 2.08. The molecule has 0 saturated heterocycles. The highest BCUT2D eigenvalue weighted by atomic mass is 79.9. The Bertz CT molecular complexity index is 568. The van der Waals surface area contributed by atoms with Crippen LogP contribution in [-0.2, 0) is 19.6 Å². The number of hydrogen-bond acceptors (Lipinski definition) is 4. The minimum Gasteiger partial charge on any atom is -0.469 e. The average Bonchev–Trinajstić information content (AvgIpc) is 2.26. The predicted octanol–water partition coefficient (Wildman–Crippen LogP) is 1.57. The average molecular weight is 358 g/mol. The van der Waals surface area contributed by atoms with Crippen LogP contribution >= 0.6 is 15.9 Å². The molecule has 5 nitrogen and oxygen atoms in total. The third kappa shape index (κ3) is 4.22. The van der Waals surface area contributed by atoms with Gasteiger partial charge in [-0.2, -0.15) is 0 Å². The molecule has 0 aliphatic carbocycles. The van der Waals surface area contributed by atoms with Crippen LogP contribution in [0.2, 0.25) is 0 Å². The largest absolute Gasteiger partial charge is 0.469 e. The summed E-state index contributed by atoms with van der Waals surface area (Å²) in [4.78, 5) is 10.1. The van der Waals surface area contributed by atoms with E-state index in [0.29, 0.717) is 6.07 Å². The molecule has 106 valence electrons. The van der Waals surface area contributed by atoms with Gasteiger partial charge in [0.05, 0.1) is 13.5 Å². The van der Waals surface area contributed by atoms with Crippen LogP contribution < -0.4 is 4.72 Å². The van der Waals surface area contributed by atoms with Crippen molar-refractivity contribution >= 4 is 31.9 Å². The Morgan fingerprint density at radius 3 is 2.58 bits per heavy atom. The topological polar surface area (TPSA) is 72.5 Å². The van der Waals surface area contributed by atoms with Gasteiger partial charge in [-0.1, -0.05) is 0 Å². The van der Waals surface area contributed by atoms with Crippen LogP contribution in [0.25, 0.3) is 0 Å². The van der Waals surface area contributed by atoms with Gasteiger partial charge in [0.15, 0.2) is 0 Å². The number of esters is 1. The van der Waals surface area contributed by atoms with Gasteiger partial charge in [-0.15, -0.1) is 0 Å². The third-order valence-corrected chi connectivity index (χ3v) is 4.51. The lowest BCUT2D eigenvalue weighted by atomic mass is 10.3. The standard InChI is InChI=1S/C10H10BrF2NO4S/c1-18-9(15)2-3-14-19(16,17)10-7(11)4-6(12)5-8(10)13/h4-5,14H,2-3H2,1H3. The molecule has 0 fully saturated rings. The van der Waals surface area contributed by atoms with Crippen LogP contribution in [0.15, 0.2) is 21.5 Å². The Labute approximate surface area is 117 Å². The van der Waals surface area contributed by atoms with Crippen molar-refractivity contribution in [3.05, 3.63) is 28.2 Å². The maximum Gasteiger partial charge on any atom is 0.306 e. The smallest absolute Gasteiger partial charge is 0.306 e. The number of carbonyl (C=O) groups excluding carboxylic acids is 1. The summed E-state index contributed by atoms with van der Waals surface area (Å²) in [5, 5.41) is 0. The van der Waals surface area contributed by atoms with Gasteiger partial charge in [0.2, 0.25) is 10.0 Å². The second kappa shape index (κ2) is 6.40. The number of halogens is 3. The van der Waals surface area contributed by atoms with Gasteiger partial charge >= 0.3 is 5.97 Å². The quantitative estimate of drug-likeness (QED) is 0.811. The summed E-state index contributed by atoms with van der Waals surface area (Å²) < 4.78 is 56.0. The number of hydrogen-bond donors (Lipinski definition) is 1. The first-order chi connectivity index (χ1) is 8.77. The summed E-state index contributed by atoms with van der Waals surface area (Å²) in [6.07, 6.45) is -0.198. The Morgan fingerprint density at radius 2 is 2.05 bits per heavy atom. The number of sulfonamides is 1. The molecule has 0 aliphatic heterocycles. The van der Waals surface area contributed by atoms with Crippen LogP contribution in [-0.4, -0.2) is 28.0 Å². The van der Waals surface area contributed by atoms with Gasteiger partial charge in [-0.3, -0.25) is 4.79 Å². The van der Waals surface area contributed by atoms with Gasteiger partial charge < -0.3 is 4.74 Å². The lowest BCUT2D eigenvalue weighted by Crippen LogP contribution is -2.27. The fourth-order valence-electron chi connectivity index (χ4n) is 1.25. The Kier molecular flexibility index (Phi) is 5.39. The van der Waals surface area contributed by atoms with Crippen LogP contribution in [0.1, 0.15) is 6.42 Å². The first-order valence-corrected chi connectivity index (χ1v) is 7.26. The van der Waals surface area contributed by atoms with Crippen molar-refractivity contribution in [1.29, 1.82) is 0 Å². The number of nitrogens with one attached hydrogen (secondary N) is 1. The van der Waals surface area contributed by atoms with Gasteiger partial charge in [0.1, 0.15) is 16.5 Å². The molecule has 1 aromatic rings. The van der Waals surface area contributed by atoms with E-state index >= 15 is 0 Å². The molecule has 1 N–H and O–H groups in total. The van der Waals surface area contributed by atoms with Crippen molar-refractivity contribution in [2.75, 3.05) is 13.7 Å². The van der Waals surface area contributed by atoms with Crippen molar-refractivity contribution < 1.29 is 26.7 Å². The second-order valence-electron chi connectivity index (χ2n) is 3.42. The van der Waals surface area contributed by atoms with E-state index in [1.165, 1.54) is 0 Å². The fraction of sp³-hybridized carbons (Fsp3) is 0.300. The fourth-order valence-corrected chi connectivity index (χ4v) is 3.44. The van der Waals surface area contributed by atoms with E-state index in [4.69, 9.17) is 0 Å². The summed E-state index contributed by atoms with van der Waals surface area (Å²) in [6.45, 7) is -0.252. The summed E-state index contributed by atoms with van der Waals surface area (Å²) in [6, 6.07) is 1.29.